The maximum atomic E-state index is 5.75. The molecule has 2 N–H and O–H groups in total. The number of likely N-dealkylation sites (N-methyl/N-ethyl adjacent to an activating group) is 1. The maximum Gasteiger partial charge on any atom is 0.228 e. The number of hydrogen-bond acceptors (Lipinski definition) is 12. The second kappa shape index (κ2) is 10.1. The lowest BCUT2D eigenvalue weighted by atomic mass is 10.1. The molecule has 2 fully saturated rings. The van der Waals surface area contributed by atoms with Crippen LogP contribution in [0.25, 0.3) is 11.3 Å². The third-order valence-corrected chi connectivity index (χ3v) is 7.82. The topological polar surface area (TPSA) is 113 Å². The number of piperazine rings is 1. The monoisotopic (exact) mass is 506 g/mol. The molecule has 2 saturated heterocycles. The van der Waals surface area contributed by atoms with Gasteiger partial charge in [0.2, 0.25) is 11.9 Å². The molecule has 0 bridgehead atoms. The predicted octanol–water partition coefficient (Wildman–Crippen LogP) is 1.70. The average Bonchev–Trinajstić information content (AvgIpc) is 3.35. The summed E-state index contributed by atoms with van der Waals surface area (Å²) < 4.78 is 7.97. The van der Waals surface area contributed by atoms with Crippen molar-refractivity contribution in [3.8, 4) is 11.3 Å². The minimum Gasteiger partial charge on any atom is -0.378 e. The number of rotatable bonds is 5. The van der Waals surface area contributed by atoms with Crippen LogP contribution in [0.15, 0.2) is 35.7 Å². The molecule has 188 valence electrons. The summed E-state index contributed by atoms with van der Waals surface area (Å²) in [4.78, 5) is 31.0. The third-order valence-electron chi connectivity index (χ3n) is 6.76. The highest BCUT2D eigenvalue weighted by molar-refractivity contribution is 7.97. The van der Waals surface area contributed by atoms with Crippen LogP contribution in [-0.4, -0.2) is 100 Å². The fraction of sp³-hybridized carbons (Fsp3) is 0.458. The van der Waals surface area contributed by atoms with Crippen LogP contribution in [0, 0.1) is 0 Å². The number of aromatic nitrogens is 5. The lowest BCUT2D eigenvalue weighted by Gasteiger charge is -2.31. The van der Waals surface area contributed by atoms with Crippen molar-refractivity contribution >= 4 is 35.3 Å². The minimum absolute atomic E-state index is 0.250. The first kappa shape index (κ1) is 23.3. The lowest BCUT2D eigenvalue weighted by Crippen LogP contribution is -2.40. The van der Waals surface area contributed by atoms with E-state index >= 15 is 0 Å². The van der Waals surface area contributed by atoms with Crippen molar-refractivity contribution in [2.45, 2.75) is 11.3 Å². The largest absolute Gasteiger partial charge is 0.378 e. The summed E-state index contributed by atoms with van der Waals surface area (Å²) in [6.07, 6.45) is 8.18. The van der Waals surface area contributed by atoms with E-state index < -0.39 is 0 Å². The number of nitrogen functional groups attached to an aromatic ring is 1. The molecule has 6 rings (SSSR count). The van der Waals surface area contributed by atoms with Crippen LogP contribution in [0.2, 0.25) is 0 Å². The first-order chi connectivity index (χ1) is 17.6. The Hall–Kier alpha value is -3.06. The summed E-state index contributed by atoms with van der Waals surface area (Å²) in [6, 6.07) is 2.22. The van der Waals surface area contributed by atoms with Crippen LogP contribution >= 0.6 is 11.9 Å². The number of pyridine rings is 1. The number of anilines is 4. The first-order valence-corrected chi connectivity index (χ1v) is 13.1. The molecule has 12 heteroatoms. The van der Waals surface area contributed by atoms with Crippen LogP contribution in [0.1, 0.15) is 5.56 Å². The van der Waals surface area contributed by atoms with Gasteiger partial charge in [0.05, 0.1) is 30.8 Å². The third kappa shape index (κ3) is 4.81. The molecule has 3 aliphatic heterocycles. The Labute approximate surface area is 214 Å². The second-order valence-corrected chi connectivity index (χ2v) is 10.4. The molecule has 3 aromatic rings. The van der Waals surface area contributed by atoms with E-state index in [1.165, 1.54) is 0 Å². The summed E-state index contributed by atoms with van der Waals surface area (Å²) in [7, 11) is 2.17. The van der Waals surface area contributed by atoms with Crippen molar-refractivity contribution in [1.82, 2.24) is 34.1 Å². The molecular weight excluding hydrogens is 476 g/mol. The highest BCUT2D eigenvalue weighted by Gasteiger charge is 2.30. The molecule has 0 atom stereocenters. The summed E-state index contributed by atoms with van der Waals surface area (Å²) in [5.41, 5.74) is 9.59. The van der Waals surface area contributed by atoms with E-state index in [-0.39, 0.29) is 5.95 Å². The summed E-state index contributed by atoms with van der Waals surface area (Å²) >= 11 is 1.78. The van der Waals surface area contributed by atoms with E-state index in [0.717, 1.165) is 85.5 Å². The highest BCUT2D eigenvalue weighted by Crippen LogP contribution is 2.40. The molecule has 0 radical (unpaired) electrons. The van der Waals surface area contributed by atoms with E-state index in [1.807, 2.05) is 12.4 Å². The van der Waals surface area contributed by atoms with Gasteiger partial charge in [0.1, 0.15) is 5.82 Å². The summed E-state index contributed by atoms with van der Waals surface area (Å²) in [5, 5.41) is 0. The zero-order chi connectivity index (χ0) is 24.5. The van der Waals surface area contributed by atoms with E-state index in [9.17, 15) is 0 Å². The van der Waals surface area contributed by atoms with Gasteiger partial charge in [-0.1, -0.05) is 0 Å². The van der Waals surface area contributed by atoms with Gasteiger partial charge < -0.3 is 25.2 Å². The maximum absolute atomic E-state index is 5.75. The van der Waals surface area contributed by atoms with Gasteiger partial charge in [0.15, 0.2) is 0 Å². The van der Waals surface area contributed by atoms with Crippen molar-refractivity contribution in [3.05, 3.63) is 36.4 Å². The molecule has 0 amide bonds. The first-order valence-electron chi connectivity index (χ1n) is 12.3. The summed E-state index contributed by atoms with van der Waals surface area (Å²) in [6.45, 7) is 7.91. The Morgan fingerprint density at radius 2 is 1.69 bits per heavy atom. The number of nitrogens with zero attached hydrogens (tertiary/aromatic N) is 9. The van der Waals surface area contributed by atoms with Crippen molar-refractivity contribution in [3.63, 3.8) is 0 Å². The molecule has 3 aromatic heterocycles. The van der Waals surface area contributed by atoms with Gasteiger partial charge in [-0.3, -0.25) is 4.98 Å². The van der Waals surface area contributed by atoms with Gasteiger partial charge in [-0.15, -0.1) is 0 Å². The van der Waals surface area contributed by atoms with Gasteiger partial charge in [0, 0.05) is 80.4 Å². The number of nitrogens with two attached hydrogens (primary N) is 1. The van der Waals surface area contributed by atoms with Crippen LogP contribution in [-0.2, 0) is 11.2 Å². The number of ether oxygens (including phenoxy) is 1. The zero-order valence-electron chi connectivity index (χ0n) is 20.4. The Kier molecular flexibility index (Phi) is 6.57. The van der Waals surface area contributed by atoms with E-state index in [1.54, 1.807) is 24.3 Å². The smallest absolute Gasteiger partial charge is 0.228 e. The highest BCUT2D eigenvalue weighted by atomic mass is 32.2. The van der Waals surface area contributed by atoms with Crippen LogP contribution in [0.3, 0.4) is 0 Å². The molecule has 0 saturated carbocycles. The second-order valence-electron chi connectivity index (χ2n) is 9.21. The van der Waals surface area contributed by atoms with Crippen molar-refractivity contribution in [2.75, 3.05) is 81.6 Å². The standard InChI is InChI=1S/C24H30N10OS/c1-31-4-6-33(7-5-31)36-19-12-18(15-26-16-19)34-3-2-20-21(17-13-27-23(25)28-14-17)29-24(30-22(20)34)32-8-10-35-11-9-32/h12-16H,2-11H2,1H3,(H2,25,27,28). The molecule has 36 heavy (non-hydrogen) atoms. The molecule has 0 spiro atoms. The Morgan fingerprint density at radius 1 is 0.917 bits per heavy atom. The SMILES string of the molecule is CN1CCN(Sc2cncc(N3CCc4c(-c5cnc(N)nc5)nc(N5CCOCC5)nc43)c2)CC1. The lowest BCUT2D eigenvalue weighted by molar-refractivity contribution is 0.122. The molecule has 0 unspecified atom stereocenters. The molecule has 6 heterocycles. The van der Waals surface area contributed by atoms with E-state index in [4.69, 9.17) is 20.4 Å². The molecular formula is C24H30N10OS. The Bertz CT molecular complexity index is 1210. The van der Waals surface area contributed by atoms with E-state index in [2.05, 4.69) is 47.1 Å². The molecule has 11 nitrogen and oxygen atoms in total. The van der Waals surface area contributed by atoms with Crippen LogP contribution in [0.5, 0.6) is 0 Å². The van der Waals surface area contributed by atoms with Crippen molar-refractivity contribution in [1.29, 1.82) is 0 Å². The van der Waals surface area contributed by atoms with Crippen LogP contribution < -0.4 is 15.5 Å². The van der Waals surface area contributed by atoms with Gasteiger partial charge in [-0.25, -0.2) is 19.3 Å². The fourth-order valence-corrected chi connectivity index (χ4v) is 5.66. The predicted molar refractivity (Wildman–Crippen MR) is 140 cm³/mol. The summed E-state index contributed by atoms with van der Waals surface area (Å²) in [5.74, 6) is 1.87. The molecule has 3 aliphatic rings. The van der Waals surface area contributed by atoms with Gasteiger partial charge in [-0.05, 0) is 31.5 Å². The Balaban J connectivity index is 1.34. The molecule has 0 aromatic carbocycles. The quantitative estimate of drug-likeness (QED) is 0.508. The van der Waals surface area contributed by atoms with Gasteiger partial charge >= 0.3 is 0 Å². The number of morpholine rings is 1. The van der Waals surface area contributed by atoms with Crippen LogP contribution in [0.4, 0.5) is 23.4 Å². The van der Waals surface area contributed by atoms with Gasteiger partial charge in [-0.2, -0.15) is 4.98 Å². The Morgan fingerprint density at radius 3 is 2.47 bits per heavy atom. The normalized spacial score (nSPS) is 19.0. The van der Waals surface area contributed by atoms with Crippen molar-refractivity contribution < 1.29 is 4.74 Å². The minimum atomic E-state index is 0.250. The zero-order valence-corrected chi connectivity index (χ0v) is 21.2. The van der Waals surface area contributed by atoms with E-state index in [0.29, 0.717) is 19.2 Å². The van der Waals surface area contributed by atoms with Crippen molar-refractivity contribution in [2.24, 2.45) is 0 Å². The molecule has 0 aliphatic carbocycles. The average molecular weight is 507 g/mol. The number of hydrogen-bond donors (Lipinski definition) is 1. The van der Waals surface area contributed by atoms with Gasteiger partial charge in [0.25, 0.3) is 0 Å². The fourth-order valence-electron chi connectivity index (χ4n) is 4.73. The number of fused-ring (bicyclic) bond motifs is 1.